The normalized spacial score (nSPS) is 11.5. The smallest absolute Gasteiger partial charge is 0.221 e. The molecule has 0 amide bonds. The van der Waals surface area contributed by atoms with Crippen LogP contribution in [0.5, 0.6) is 0 Å². The van der Waals surface area contributed by atoms with Crippen LogP contribution in [0.2, 0.25) is 0 Å². The molecule has 0 rings (SSSR count). The summed E-state index contributed by atoms with van der Waals surface area (Å²) in [7, 11) is 0. The summed E-state index contributed by atoms with van der Waals surface area (Å²) in [5, 5.41) is -0.183. The molecule has 1 nitrogen and oxygen atoms in total. The van der Waals surface area contributed by atoms with Crippen LogP contribution in [-0.2, 0) is 4.79 Å². The second-order valence-electron chi connectivity index (χ2n) is 7.81. The zero-order valence-corrected chi connectivity index (χ0v) is 18.3. The lowest BCUT2D eigenvalue weighted by Crippen LogP contribution is -1.86. The summed E-state index contributed by atoms with van der Waals surface area (Å²) in [6.07, 6.45) is 30.7. The van der Waals surface area contributed by atoms with Gasteiger partial charge in [0, 0.05) is 6.42 Å². The summed E-state index contributed by atoms with van der Waals surface area (Å²) in [6, 6.07) is 0. The minimum atomic E-state index is -0.183. The summed E-state index contributed by atoms with van der Waals surface area (Å²) in [5.74, 6) is 0. The highest BCUT2D eigenvalue weighted by Gasteiger charge is 1.96. The monoisotopic (exact) mass is 384 g/mol. The van der Waals surface area contributed by atoms with Crippen LogP contribution < -0.4 is 0 Å². The molecule has 0 aliphatic carbocycles. The molecule has 0 fully saturated rings. The molecule has 0 radical (unpaired) electrons. The Morgan fingerprint density at radius 3 is 1.31 bits per heavy atom. The third-order valence-corrected chi connectivity index (χ3v) is 5.32. The van der Waals surface area contributed by atoms with E-state index in [4.69, 9.17) is 11.6 Å². The number of allylic oxidation sites excluding steroid dienone is 2. The van der Waals surface area contributed by atoms with Gasteiger partial charge in [-0.15, -0.1) is 0 Å². The van der Waals surface area contributed by atoms with E-state index in [-0.39, 0.29) is 5.24 Å². The summed E-state index contributed by atoms with van der Waals surface area (Å²) in [4.78, 5) is 10.6. The average molecular weight is 385 g/mol. The molecule has 0 N–H and O–H groups in total. The first-order valence-corrected chi connectivity index (χ1v) is 12.0. The highest BCUT2D eigenvalue weighted by atomic mass is 35.5. The van der Waals surface area contributed by atoms with E-state index in [1.807, 2.05) is 0 Å². The number of halogens is 1. The number of carbonyl (C=O) groups excluding carboxylic acids is 1. The Labute approximate surface area is 169 Å². The summed E-state index contributed by atoms with van der Waals surface area (Å²) >= 11 is 5.33. The molecule has 154 valence electrons. The van der Waals surface area contributed by atoms with Crippen LogP contribution in [0.4, 0.5) is 0 Å². The fourth-order valence-corrected chi connectivity index (χ4v) is 3.53. The van der Waals surface area contributed by atoms with Crippen molar-refractivity contribution >= 4 is 16.8 Å². The van der Waals surface area contributed by atoms with Crippen molar-refractivity contribution in [1.82, 2.24) is 0 Å². The Morgan fingerprint density at radius 2 is 0.923 bits per heavy atom. The van der Waals surface area contributed by atoms with Gasteiger partial charge in [0.2, 0.25) is 5.24 Å². The van der Waals surface area contributed by atoms with Gasteiger partial charge in [-0.25, -0.2) is 0 Å². The van der Waals surface area contributed by atoms with E-state index < -0.39 is 0 Å². The van der Waals surface area contributed by atoms with Crippen LogP contribution in [0.25, 0.3) is 0 Å². The van der Waals surface area contributed by atoms with Gasteiger partial charge in [0.05, 0.1) is 0 Å². The van der Waals surface area contributed by atoms with Crippen molar-refractivity contribution in [2.75, 3.05) is 0 Å². The van der Waals surface area contributed by atoms with E-state index in [9.17, 15) is 4.79 Å². The minimum absolute atomic E-state index is 0.183. The van der Waals surface area contributed by atoms with Gasteiger partial charge in [-0.05, 0) is 43.7 Å². The third-order valence-electron chi connectivity index (χ3n) is 5.14. The summed E-state index contributed by atoms with van der Waals surface area (Å²) in [6.45, 7) is 2.28. The van der Waals surface area contributed by atoms with E-state index in [1.54, 1.807) is 0 Å². The van der Waals surface area contributed by atoms with Crippen molar-refractivity contribution in [2.45, 2.75) is 135 Å². The molecule has 0 aromatic heterocycles. The molecular weight excluding hydrogens is 340 g/mol. The Hall–Kier alpha value is -0.300. The second kappa shape index (κ2) is 22.7. The van der Waals surface area contributed by atoms with Crippen molar-refractivity contribution in [3.05, 3.63) is 12.2 Å². The van der Waals surface area contributed by atoms with Gasteiger partial charge in [0.25, 0.3) is 0 Å². The van der Waals surface area contributed by atoms with Crippen LogP contribution >= 0.6 is 11.6 Å². The van der Waals surface area contributed by atoms with Crippen LogP contribution in [0.15, 0.2) is 12.2 Å². The Bertz CT molecular complexity index is 311. The standard InChI is InChI=1S/C24H45ClO/c1-2-3-4-5-6-7-8-9-10-11-12-13-14-15-16-17-18-19-20-21-22-23-24(25)26/h10-11H,2-9,12-23H2,1H3/b11-10+. The lowest BCUT2D eigenvalue weighted by atomic mass is 10.0. The molecule has 0 bridgehead atoms. The lowest BCUT2D eigenvalue weighted by Gasteiger charge is -2.02. The van der Waals surface area contributed by atoms with Gasteiger partial charge in [0.15, 0.2) is 0 Å². The molecule has 0 saturated heterocycles. The molecule has 2 heteroatoms. The molecule has 0 spiro atoms. The Morgan fingerprint density at radius 1 is 0.577 bits per heavy atom. The molecule has 0 heterocycles. The quantitative estimate of drug-likeness (QED) is 0.109. The first-order chi connectivity index (χ1) is 12.8. The maximum atomic E-state index is 10.6. The average Bonchev–Trinajstić information content (AvgIpc) is 2.62. The minimum Gasteiger partial charge on any atom is -0.281 e. The van der Waals surface area contributed by atoms with Gasteiger partial charge >= 0.3 is 0 Å². The van der Waals surface area contributed by atoms with Gasteiger partial charge in [-0.1, -0.05) is 109 Å². The number of hydrogen-bond acceptors (Lipinski definition) is 1. The van der Waals surface area contributed by atoms with Crippen molar-refractivity contribution in [1.29, 1.82) is 0 Å². The predicted octanol–water partition coefficient (Wildman–Crippen LogP) is 9.13. The highest BCUT2D eigenvalue weighted by Crippen LogP contribution is 2.13. The van der Waals surface area contributed by atoms with Gasteiger partial charge in [0.1, 0.15) is 0 Å². The topological polar surface area (TPSA) is 17.1 Å². The SMILES string of the molecule is CCCCCCCCC/C=C/CCCCCCCCCCCCC(=O)Cl. The molecule has 0 aromatic carbocycles. The maximum absolute atomic E-state index is 10.6. The Kier molecular flexibility index (Phi) is 22.5. The lowest BCUT2D eigenvalue weighted by molar-refractivity contribution is -0.111. The fourth-order valence-electron chi connectivity index (χ4n) is 3.40. The van der Waals surface area contributed by atoms with E-state index in [0.29, 0.717) is 6.42 Å². The number of hydrogen-bond donors (Lipinski definition) is 0. The van der Waals surface area contributed by atoms with Crippen molar-refractivity contribution < 1.29 is 4.79 Å². The first kappa shape index (κ1) is 25.7. The number of carbonyl (C=O) groups is 1. The van der Waals surface area contributed by atoms with Crippen LogP contribution in [0, 0.1) is 0 Å². The largest absolute Gasteiger partial charge is 0.281 e. The molecule has 0 aliphatic rings. The van der Waals surface area contributed by atoms with Crippen LogP contribution in [0.1, 0.15) is 135 Å². The number of rotatable bonds is 21. The maximum Gasteiger partial charge on any atom is 0.221 e. The van der Waals surface area contributed by atoms with E-state index in [1.165, 1.54) is 109 Å². The van der Waals surface area contributed by atoms with Crippen LogP contribution in [-0.4, -0.2) is 5.24 Å². The molecule has 0 saturated carbocycles. The summed E-state index contributed by atoms with van der Waals surface area (Å²) < 4.78 is 0. The molecule has 0 aliphatic heterocycles. The van der Waals surface area contributed by atoms with Crippen LogP contribution in [0.3, 0.4) is 0 Å². The first-order valence-electron chi connectivity index (χ1n) is 11.6. The Balaban J connectivity index is 3.07. The zero-order valence-electron chi connectivity index (χ0n) is 17.6. The van der Waals surface area contributed by atoms with Gasteiger partial charge in [-0.3, -0.25) is 4.79 Å². The van der Waals surface area contributed by atoms with Gasteiger partial charge in [-0.2, -0.15) is 0 Å². The molecule has 0 atom stereocenters. The number of unbranched alkanes of at least 4 members (excludes halogenated alkanes) is 17. The van der Waals surface area contributed by atoms with E-state index in [0.717, 1.165) is 12.8 Å². The van der Waals surface area contributed by atoms with Crippen molar-refractivity contribution in [2.24, 2.45) is 0 Å². The van der Waals surface area contributed by atoms with E-state index >= 15 is 0 Å². The molecule has 0 aromatic rings. The van der Waals surface area contributed by atoms with Gasteiger partial charge < -0.3 is 0 Å². The van der Waals surface area contributed by atoms with E-state index in [2.05, 4.69) is 19.1 Å². The third kappa shape index (κ3) is 23.7. The zero-order chi connectivity index (χ0) is 19.1. The summed E-state index contributed by atoms with van der Waals surface area (Å²) in [5.41, 5.74) is 0. The molecule has 26 heavy (non-hydrogen) atoms. The predicted molar refractivity (Wildman–Crippen MR) is 118 cm³/mol. The fraction of sp³-hybridized carbons (Fsp3) is 0.875. The molecule has 0 unspecified atom stereocenters. The molecular formula is C24H45ClO. The highest BCUT2D eigenvalue weighted by molar-refractivity contribution is 6.63. The van der Waals surface area contributed by atoms with Crippen molar-refractivity contribution in [3.63, 3.8) is 0 Å². The second-order valence-corrected chi connectivity index (χ2v) is 8.23. The van der Waals surface area contributed by atoms with Crippen molar-refractivity contribution in [3.8, 4) is 0 Å².